The van der Waals surface area contributed by atoms with Crippen LogP contribution in [0.4, 0.5) is 10.5 Å². The van der Waals surface area contributed by atoms with Gasteiger partial charge in [0.2, 0.25) is 0 Å². The van der Waals surface area contributed by atoms with Crippen LogP contribution in [0.3, 0.4) is 0 Å². The van der Waals surface area contributed by atoms with E-state index in [1.807, 2.05) is 6.92 Å². The van der Waals surface area contributed by atoms with E-state index in [0.717, 1.165) is 18.4 Å². The number of nitro benzene ring substituents is 1. The molecule has 2 amide bonds. The van der Waals surface area contributed by atoms with Crippen molar-refractivity contribution in [1.29, 1.82) is 0 Å². The standard InChI is InChI=1S/C14H19N3O4/c1-14(9-18,11-4-5-11)16-13(19)15-8-10-2-6-12(7-3-10)17(20)21/h2-3,6-7,11,18H,4-5,8-9H2,1H3,(H2,15,16,19). The Labute approximate surface area is 122 Å². The Morgan fingerprint density at radius 2 is 2.05 bits per heavy atom. The molecule has 0 aliphatic heterocycles. The molecule has 1 saturated carbocycles. The van der Waals surface area contributed by atoms with Gasteiger partial charge in [0.25, 0.3) is 5.69 Å². The van der Waals surface area contributed by atoms with Crippen LogP contribution >= 0.6 is 0 Å². The second-order valence-electron chi connectivity index (χ2n) is 5.58. The molecular weight excluding hydrogens is 274 g/mol. The average Bonchev–Trinajstić information content (AvgIpc) is 3.30. The van der Waals surface area contributed by atoms with Gasteiger partial charge in [0.05, 0.1) is 17.1 Å². The third kappa shape index (κ3) is 3.91. The van der Waals surface area contributed by atoms with Crippen LogP contribution in [-0.2, 0) is 6.54 Å². The Hall–Kier alpha value is -2.15. The molecular formula is C14H19N3O4. The fourth-order valence-electron chi connectivity index (χ4n) is 2.21. The van der Waals surface area contributed by atoms with Crippen molar-refractivity contribution in [2.24, 2.45) is 5.92 Å². The first-order chi connectivity index (χ1) is 9.94. The SMILES string of the molecule is CC(CO)(NC(=O)NCc1ccc([N+](=O)[O-])cc1)C1CC1. The zero-order valence-corrected chi connectivity index (χ0v) is 11.8. The van der Waals surface area contributed by atoms with E-state index in [0.29, 0.717) is 5.92 Å². The third-order valence-corrected chi connectivity index (χ3v) is 3.81. The van der Waals surface area contributed by atoms with Crippen LogP contribution in [0.2, 0.25) is 0 Å². The summed E-state index contributed by atoms with van der Waals surface area (Å²) in [5, 5.41) is 25.4. The molecule has 1 aromatic rings. The van der Waals surface area contributed by atoms with Gasteiger partial charge in [-0.2, -0.15) is 0 Å². The van der Waals surface area contributed by atoms with E-state index < -0.39 is 10.5 Å². The van der Waals surface area contributed by atoms with Crippen molar-refractivity contribution in [2.75, 3.05) is 6.61 Å². The Kier molecular flexibility index (Phi) is 4.42. The number of carbonyl (C=O) groups is 1. The topological polar surface area (TPSA) is 104 Å². The number of urea groups is 1. The van der Waals surface area contributed by atoms with Crippen molar-refractivity contribution in [1.82, 2.24) is 10.6 Å². The molecule has 1 aromatic carbocycles. The maximum atomic E-state index is 11.9. The number of nitrogens with one attached hydrogen (secondary N) is 2. The second kappa shape index (κ2) is 6.09. The summed E-state index contributed by atoms with van der Waals surface area (Å²) < 4.78 is 0. The van der Waals surface area contributed by atoms with Gasteiger partial charge in [0.1, 0.15) is 0 Å². The lowest BCUT2D eigenvalue weighted by Crippen LogP contribution is -2.53. The summed E-state index contributed by atoms with van der Waals surface area (Å²) in [6.07, 6.45) is 2.03. The molecule has 21 heavy (non-hydrogen) atoms. The molecule has 1 aliphatic carbocycles. The first-order valence-corrected chi connectivity index (χ1v) is 6.85. The smallest absolute Gasteiger partial charge is 0.315 e. The Morgan fingerprint density at radius 1 is 1.43 bits per heavy atom. The van der Waals surface area contributed by atoms with E-state index in [1.165, 1.54) is 12.1 Å². The molecule has 7 heteroatoms. The number of benzene rings is 1. The van der Waals surface area contributed by atoms with Gasteiger partial charge >= 0.3 is 6.03 Å². The van der Waals surface area contributed by atoms with Crippen LogP contribution < -0.4 is 10.6 Å². The van der Waals surface area contributed by atoms with E-state index in [2.05, 4.69) is 10.6 Å². The number of aliphatic hydroxyl groups excluding tert-OH is 1. The van der Waals surface area contributed by atoms with Gasteiger partial charge in [-0.1, -0.05) is 12.1 Å². The molecule has 114 valence electrons. The van der Waals surface area contributed by atoms with E-state index in [1.54, 1.807) is 12.1 Å². The molecule has 2 rings (SSSR count). The number of amides is 2. The fourth-order valence-corrected chi connectivity index (χ4v) is 2.21. The van der Waals surface area contributed by atoms with Crippen LogP contribution in [0.5, 0.6) is 0 Å². The second-order valence-corrected chi connectivity index (χ2v) is 5.58. The first kappa shape index (κ1) is 15.2. The first-order valence-electron chi connectivity index (χ1n) is 6.85. The number of nitro groups is 1. The van der Waals surface area contributed by atoms with Crippen molar-refractivity contribution >= 4 is 11.7 Å². The highest BCUT2D eigenvalue weighted by atomic mass is 16.6. The Balaban J connectivity index is 1.84. The van der Waals surface area contributed by atoms with Crippen LogP contribution in [0.1, 0.15) is 25.3 Å². The van der Waals surface area contributed by atoms with Gasteiger partial charge in [0, 0.05) is 18.7 Å². The number of carbonyl (C=O) groups excluding carboxylic acids is 1. The van der Waals surface area contributed by atoms with Crippen LogP contribution in [0, 0.1) is 16.0 Å². The monoisotopic (exact) mass is 293 g/mol. The summed E-state index contributed by atoms with van der Waals surface area (Å²) in [5.74, 6) is 0.327. The highest BCUT2D eigenvalue weighted by Crippen LogP contribution is 2.39. The molecule has 3 N–H and O–H groups in total. The van der Waals surface area contributed by atoms with Gasteiger partial charge in [-0.3, -0.25) is 10.1 Å². The molecule has 1 atom stereocenters. The lowest BCUT2D eigenvalue weighted by Gasteiger charge is -2.28. The largest absolute Gasteiger partial charge is 0.394 e. The maximum absolute atomic E-state index is 11.9. The summed E-state index contributed by atoms with van der Waals surface area (Å²) in [5.41, 5.74) is 0.206. The molecule has 1 fully saturated rings. The van der Waals surface area contributed by atoms with Crippen molar-refractivity contribution in [2.45, 2.75) is 31.8 Å². The highest BCUT2D eigenvalue weighted by Gasteiger charge is 2.42. The lowest BCUT2D eigenvalue weighted by atomic mass is 9.97. The van der Waals surface area contributed by atoms with Crippen molar-refractivity contribution in [3.63, 3.8) is 0 Å². The van der Waals surface area contributed by atoms with Gasteiger partial charge < -0.3 is 15.7 Å². The normalized spacial score (nSPS) is 16.9. The van der Waals surface area contributed by atoms with Gasteiger partial charge in [-0.15, -0.1) is 0 Å². The van der Waals surface area contributed by atoms with E-state index in [9.17, 15) is 20.0 Å². The molecule has 0 radical (unpaired) electrons. The number of non-ortho nitro benzene ring substituents is 1. The summed E-state index contributed by atoms with van der Waals surface area (Å²) in [6, 6.07) is 5.65. The summed E-state index contributed by atoms with van der Waals surface area (Å²) in [7, 11) is 0. The molecule has 0 bridgehead atoms. The Morgan fingerprint density at radius 3 is 2.52 bits per heavy atom. The quantitative estimate of drug-likeness (QED) is 0.546. The van der Waals surface area contributed by atoms with Crippen molar-refractivity contribution < 1.29 is 14.8 Å². The minimum atomic E-state index is -0.584. The van der Waals surface area contributed by atoms with Crippen molar-refractivity contribution in [3.8, 4) is 0 Å². The summed E-state index contributed by atoms with van der Waals surface area (Å²) in [4.78, 5) is 21.9. The number of rotatable bonds is 6. The summed E-state index contributed by atoms with van der Waals surface area (Å²) >= 11 is 0. The zero-order chi connectivity index (χ0) is 15.5. The number of nitrogens with zero attached hydrogens (tertiary/aromatic N) is 1. The third-order valence-electron chi connectivity index (χ3n) is 3.81. The number of hydrogen-bond donors (Lipinski definition) is 3. The fraction of sp³-hybridized carbons (Fsp3) is 0.500. The van der Waals surface area contributed by atoms with Gasteiger partial charge in [-0.25, -0.2) is 4.79 Å². The zero-order valence-electron chi connectivity index (χ0n) is 11.8. The van der Waals surface area contributed by atoms with E-state index in [4.69, 9.17) is 0 Å². The molecule has 0 saturated heterocycles. The molecule has 0 aromatic heterocycles. The number of hydrogen-bond acceptors (Lipinski definition) is 4. The van der Waals surface area contributed by atoms with Crippen molar-refractivity contribution in [3.05, 3.63) is 39.9 Å². The minimum absolute atomic E-state index is 0.0183. The van der Waals surface area contributed by atoms with E-state index >= 15 is 0 Å². The minimum Gasteiger partial charge on any atom is -0.394 e. The maximum Gasteiger partial charge on any atom is 0.315 e. The van der Waals surface area contributed by atoms with Crippen LogP contribution in [0.15, 0.2) is 24.3 Å². The van der Waals surface area contributed by atoms with Gasteiger partial charge in [-0.05, 0) is 31.2 Å². The molecule has 1 aliphatic rings. The Bertz CT molecular complexity index is 528. The van der Waals surface area contributed by atoms with Crippen LogP contribution in [-0.4, -0.2) is 28.2 Å². The predicted molar refractivity (Wildman–Crippen MR) is 76.7 cm³/mol. The van der Waals surface area contributed by atoms with E-state index in [-0.39, 0.29) is 24.9 Å². The average molecular weight is 293 g/mol. The lowest BCUT2D eigenvalue weighted by molar-refractivity contribution is -0.384. The molecule has 0 spiro atoms. The predicted octanol–water partition coefficient (Wildman–Crippen LogP) is 1.56. The molecule has 0 heterocycles. The highest BCUT2D eigenvalue weighted by molar-refractivity contribution is 5.74. The molecule has 7 nitrogen and oxygen atoms in total. The van der Waals surface area contributed by atoms with Gasteiger partial charge in [0.15, 0.2) is 0 Å². The summed E-state index contributed by atoms with van der Waals surface area (Å²) in [6.45, 7) is 2.01. The number of aliphatic hydroxyl groups is 1. The molecule has 1 unspecified atom stereocenters. The van der Waals surface area contributed by atoms with Crippen LogP contribution in [0.25, 0.3) is 0 Å².